The van der Waals surface area contributed by atoms with Gasteiger partial charge in [-0.15, -0.1) is 0 Å². The van der Waals surface area contributed by atoms with Crippen LogP contribution >= 0.6 is 0 Å². The van der Waals surface area contributed by atoms with E-state index in [2.05, 4.69) is 15.0 Å². The van der Waals surface area contributed by atoms with Gasteiger partial charge in [0, 0.05) is 40.7 Å². The number of carboxylic acids is 1. The Morgan fingerprint density at radius 2 is 1.73 bits per heavy atom. The highest BCUT2D eigenvalue weighted by Crippen LogP contribution is 2.47. The monoisotopic (exact) mass is 554 g/mol. The number of hydrogen-bond acceptors (Lipinski definition) is 7. The van der Waals surface area contributed by atoms with E-state index in [-0.39, 0.29) is 47.7 Å². The second-order valence-corrected chi connectivity index (χ2v) is 11.4. The molecule has 0 unspecified atom stereocenters. The maximum absolute atomic E-state index is 13.8. The molecule has 2 bridgehead atoms. The van der Waals surface area contributed by atoms with E-state index in [1.54, 1.807) is 12.1 Å². The van der Waals surface area contributed by atoms with Gasteiger partial charge in [-0.1, -0.05) is 23.4 Å². The van der Waals surface area contributed by atoms with Crippen molar-refractivity contribution in [1.29, 1.82) is 0 Å². The van der Waals surface area contributed by atoms with Gasteiger partial charge in [-0.05, 0) is 63.5 Å². The van der Waals surface area contributed by atoms with E-state index in [0.29, 0.717) is 36.0 Å². The molecule has 2 aromatic heterocycles. The number of benzene rings is 1. The quantitative estimate of drug-likeness (QED) is 0.345. The number of nitrogens with zero attached hydrogens (tertiary/aromatic N) is 4. The van der Waals surface area contributed by atoms with Crippen molar-refractivity contribution in [2.45, 2.75) is 94.2 Å². The van der Waals surface area contributed by atoms with Crippen LogP contribution in [-0.2, 0) is 17.5 Å². The van der Waals surface area contributed by atoms with Crippen LogP contribution in [0.15, 0.2) is 34.9 Å². The Balaban J connectivity index is 1.11. The van der Waals surface area contributed by atoms with Gasteiger partial charge >= 0.3 is 12.1 Å². The van der Waals surface area contributed by atoms with Gasteiger partial charge in [-0.2, -0.15) is 13.2 Å². The zero-order chi connectivity index (χ0) is 27.6. The Hall–Kier alpha value is -3.47. The van der Waals surface area contributed by atoms with Gasteiger partial charge in [0.25, 0.3) is 0 Å². The first-order valence-electron chi connectivity index (χ1n) is 13.9. The minimum atomic E-state index is -4.52. The molecule has 40 heavy (non-hydrogen) atoms. The molecule has 210 valence electrons. The number of carboxylic acid groups (broad SMARTS) is 1. The molecular weight excluding hydrogens is 525 g/mol. The lowest BCUT2D eigenvalue weighted by atomic mass is 9.98. The van der Waals surface area contributed by atoms with Crippen molar-refractivity contribution in [1.82, 2.24) is 15.1 Å². The number of alkyl halides is 3. The molecule has 11 heteroatoms. The van der Waals surface area contributed by atoms with E-state index >= 15 is 0 Å². The Kier molecular flexibility index (Phi) is 6.10. The number of fused-ring (bicyclic) bond motifs is 2. The minimum absolute atomic E-state index is 0.000988. The highest BCUT2D eigenvalue weighted by Gasteiger charge is 2.44. The number of ether oxygens (including phenoxy) is 1. The number of hydrogen-bond donors (Lipinski definition) is 1. The molecule has 7 rings (SSSR count). The second kappa shape index (κ2) is 9.57. The summed E-state index contributed by atoms with van der Waals surface area (Å²) in [6.45, 7) is 0.123. The summed E-state index contributed by atoms with van der Waals surface area (Å²) in [5, 5.41) is 13.7. The zero-order valence-corrected chi connectivity index (χ0v) is 21.7. The molecular formula is C29H29F3N4O4. The molecule has 0 radical (unpaired) electrons. The summed E-state index contributed by atoms with van der Waals surface area (Å²) in [7, 11) is 0. The Morgan fingerprint density at radius 1 is 1.02 bits per heavy atom. The van der Waals surface area contributed by atoms with Crippen molar-refractivity contribution in [3.63, 3.8) is 0 Å². The predicted octanol–water partition coefficient (Wildman–Crippen LogP) is 6.32. The van der Waals surface area contributed by atoms with E-state index < -0.39 is 17.7 Å². The van der Waals surface area contributed by atoms with Crippen LogP contribution in [0.5, 0.6) is 0 Å². The molecule has 8 nitrogen and oxygen atoms in total. The second-order valence-electron chi connectivity index (χ2n) is 11.4. The highest BCUT2D eigenvalue weighted by molar-refractivity contribution is 5.85. The van der Waals surface area contributed by atoms with E-state index in [1.807, 2.05) is 0 Å². The zero-order valence-electron chi connectivity index (χ0n) is 21.7. The van der Waals surface area contributed by atoms with Gasteiger partial charge < -0.3 is 19.3 Å². The van der Waals surface area contributed by atoms with Gasteiger partial charge in [0.2, 0.25) is 5.95 Å². The number of rotatable bonds is 8. The highest BCUT2D eigenvalue weighted by atomic mass is 19.4. The molecule has 2 aliphatic heterocycles. The van der Waals surface area contributed by atoms with Gasteiger partial charge in [-0.3, -0.25) is 0 Å². The number of aromatic nitrogens is 3. The van der Waals surface area contributed by atoms with Crippen LogP contribution in [0, 0.1) is 0 Å². The topological polar surface area (TPSA) is 102 Å². The average Bonchev–Trinajstić information content (AvgIpc) is 3.87. The third kappa shape index (κ3) is 4.74. The molecule has 3 atom stereocenters. The number of carbonyl (C=O) groups is 1. The van der Waals surface area contributed by atoms with Crippen LogP contribution in [0.1, 0.15) is 96.3 Å². The van der Waals surface area contributed by atoms with E-state index in [0.717, 1.165) is 50.3 Å². The smallest absolute Gasteiger partial charge is 0.417 e. The third-order valence-electron chi connectivity index (χ3n) is 8.59. The summed E-state index contributed by atoms with van der Waals surface area (Å²) in [5.74, 6) is 0.515. The maximum Gasteiger partial charge on any atom is 0.417 e. The van der Waals surface area contributed by atoms with Crippen molar-refractivity contribution in [3.05, 3.63) is 58.6 Å². The first kappa shape index (κ1) is 25.5. The molecule has 2 saturated carbocycles. The average molecular weight is 555 g/mol. The van der Waals surface area contributed by atoms with Crippen LogP contribution < -0.4 is 4.90 Å². The lowest BCUT2D eigenvalue weighted by molar-refractivity contribution is -0.137. The molecule has 0 amide bonds. The molecule has 2 saturated heterocycles. The predicted molar refractivity (Wildman–Crippen MR) is 137 cm³/mol. The Labute approximate surface area is 228 Å². The lowest BCUT2D eigenvalue weighted by Gasteiger charge is -2.39. The van der Waals surface area contributed by atoms with Crippen LogP contribution in [0.4, 0.5) is 19.1 Å². The van der Waals surface area contributed by atoms with Crippen LogP contribution in [0.2, 0.25) is 0 Å². The minimum Gasteiger partial charge on any atom is -0.477 e. The van der Waals surface area contributed by atoms with Crippen molar-refractivity contribution in [2.75, 3.05) is 4.90 Å². The summed E-state index contributed by atoms with van der Waals surface area (Å²) < 4.78 is 53.4. The number of aromatic carboxylic acids is 1. The molecule has 1 aromatic carbocycles. The van der Waals surface area contributed by atoms with Crippen molar-refractivity contribution in [3.8, 4) is 11.3 Å². The molecule has 0 spiro atoms. The number of piperidine rings is 1. The molecule has 4 heterocycles. The number of halogens is 3. The van der Waals surface area contributed by atoms with Crippen LogP contribution in [0.25, 0.3) is 11.3 Å². The van der Waals surface area contributed by atoms with Crippen LogP contribution in [0.3, 0.4) is 0 Å². The van der Waals surface area contributed by atoms with E-state index in [1.165, 1.54) is 12.1 Å². The molecule has 3 aromatic rings. The fraction of sp³-hybridized carbons (Fsp3) is 0.517. The fourth-order valence-electron chi connectivity index (χ4n) is 6.33. The van der Waals surface area contributed by atoms with Crippen molar-refractivity contribution < 1.29 is 32.3 Å². The SMILES string of the molecule is O=C(O)c1cc(C2CC2)nc(N2[C@@H]3CC[C@H]2C[C@H](OCc2c(-c4ccccc4C(F)(F)F)noc2C2CC2)C3)n1. The van der Waals surface area contributed by atoms with Crippen molar-refractivity contribution in [2.24, 2.45) is 0 Å². The summed E-state index contributed by atoms with van der Waals surface area (Å²) >= 11 is 0. The maximum atomic E-state index is 13.8. The van der Waals surface area contributed by atoms with Gasteiger partial charge in [0.1, 0.15) is 11.5 Å². The standard InChI is InChI=1S/C29H29F3N4O4/c30-29(31,32)22-4-2-1-3-20(22)25-21(26(40-35-25)16-7-8-16)14-39-19-11-17-9-10-18(12-19)36(17)28-33-23(15-5-6-15)13-24(34-28)27(37)38/h1-4,13,15-19H,5-12,14H2,(H,37,38)/t17-,18+,19-. The van der Waals surface area contributed by atoms with Gasteiger partial charge in [-0.25, -0.2) is 14.8 Å². The molecule has 4 aliphatic rings. The van der Waals surface area contributed by atoms with E-state index in [4.69, 9.17) is 14.2 Å². The van der Waals surface area contributed by atoms with E-state index in [9.17, 15) is 23.1 Å². The Bertz CT molecular complexity index is 1440. The van der Waals surface area contributed by atoms with Gasteiger partial charge in [0.05, 0.1) is 18.3 Å². The fourth-order valence-corrected chi connectivity index (χ4v) is 6.33. The molecule has 1 N–H and O–H groups in total. The third-order valence-corrected chi connectivity index (χ3v) is 8.59. The first-order chi connectivity index (χ1) is 19.3. The number of anilines is 1. The first-order valence-corrected chi connectivity index (χ1v) is 13.9. The van der Waals surface area contributed by atoms with Crippen molar-refractivity contribution >= 4 is 11.9 Å². The molecule has 2 aliphatic carbocycles. The largest absolute Gasteiger partial charge is 0.477 e. The summed E-state index contributed by atoms with van der Waals surface area (Å²) in [4.78, 5) is 23.1. The summed E-state index contributed by atoms with van der Waals surface area (Å²) in [6, 6.07) is 7.25. The van der Waals surface area contributed by atoms with Crippen LogP contribution in [-0.4, -0.2) is 44.4 Å². The summed E-state index contributed by atoms with van der Waals surface area (Å²) in [5.41, 5.74) is 0.874. The summed E-state index contributed by atoms with van der Waals surface area (Å²) in [6.07, 6.45) is 2.50. The normalized spacial score (nSPS) is 24.5. The lowest BCUT2D eigenvalue weighted by Crippen LogP contribution is -2.46. The van der Waals surface area contributed by atoms with Gasteiger partial charge in [0.15, 0.2) is 5.69 Å². The Morgan fingerprint density at radius 3 is 2.38 bits per heavy atom. The molecule has 4 fully saturated rings.